The molecule has 0 aliphatic rings. The first kappa shape index (κ1) is 14.7. The summed E-state index contributed by atoms with van der Waals surface area (Å²) in [5.41, 5.74) is 5.41. The van der Waals surface area contributed by atoms with Gasteiger partial charge in [-0.3, -0.25) is 4.79 Å². The molecular formula is C10H14ClFN2O2. The summed E-state index contributed by atoms with van der Waals surface area (Å²) in [6.45, 7) is 0.682. The van der Waals surface area contributed by atoms with Crippen LogP contribution in [0, 0.1) is 5.82 Å². The van der Waals surface area contributed by atoms with Gasteiger partial charge in [-0.2, -0.15) is 0 Å². The van der Waals surface area contributed by atoms with E-state index >= 15 is 0 Å². The first-order valence-electron chi connectivity index (χ1n) is 4.51. The SMILES string of the molecule is COc1ccc(F)cc1C(=O)NCCN.Cl. The zero-order valence-electron chi connectivity index (χ0n) is 8.83. The zero-order valence-corrected chi connectivity index (χ0v) is 9.64. The van der Waals surface area contributed by atoms with Gasteiger partial charge in [0.25, 0.3) is 5.91 Å². The van der Waals surface area contributed by atoms with E-state index in [4.69, 9.17) is 10.5 Å². The van der Waals surface area contributed by atoms with Crippen molar-refractivity contribution in [1.29, 1.82) is 0 Å². The molecular weight excluding hydrogens is 235 g/mol. The second kappa shape index (κ2) is 7.03. The maximum atomic E-state index is 12.9. The Morgan fingerprint density at radius 2 is 2.25 bits per heavy atom. The van der Waals surface area contributed by atoms with E-state index in [-0.39, 0.29) is 18.0 Å². The first-order chi connectivity index (χ1) is 7.19. The van der Waals surface area contributed by atoms with Gasteiger partial charge in [0.1, 0.15) is 11.6 Å². The Morgan fingerprint density at radius 3 is 2.81 bits per heavy atom. The van der Waals surface area contributed by atoms with E-state index in [0.29, 0.717) is 18.8 Å². The molecule has 0 atom stereocenters. The van der Waals surface area contributed by atoms with Gasteiger partial charge in [0.2, 0.25) is 0 Å². The third kappa shape index (κ3) is 3.67. The molecule has 4 nitrogen and oxygen atoms in total. The fourth-order valence-electron chi connectivity index (χ4n) is 1.14. The van der Waals surface area contributed by atoms with Crippen LogP contribution < -0.4 is 15.8 Å². The average Bonchev–Trinajstić information content (AvgIpc) is 2.25. The molecule has 0 fully saturated rings. The summed E-state index contributed by atoms with van der Waals surface area (Å²) >= 11 is 0. The molecule has 90 valence electrons. The second-order valence-electron chi connectivity index (χ2n) is 2.89. The molecule has 16 heavy (non-hydrogen) atoms. The van der Waals surface area contributed by atoms with Crippen LogP contribution in [0.5, 0.6) is 5.75 Å². The minimum atomic E-state index is -0.478. The number of carbonyl (C=O) groups is 1. The Kier molecular flexibility index (Phi) is 6.44. The highest BCUT2D eigenvalue weighted by atomic mass is 35.5. The van der Waals surface area contributed by atoms with Crippen molar-refractivity contribution < 1.29 is 13.9 Å². The normalized spacial score (nSPS) is 9.19. The van der Waals surface area contributed by atoms with Crippen molar-refractivity contribution in [3.8, 4) is 5.75 Å². The van der Waals surface area contributed by atoms with E-state index in [0.717, 1.165) is 6.07 Å². The van der Waals surface area contributed by atoms with Crippen molar-refractivity contribution >= 4 is 18.3 Å². The van der Waals surface area contributed by atoms with Gasteiger partial charge in [-0.25, -0.2) is 4.39 Å². The number of ether oxygens (including phenoxy) is 1. The minimum Gasteiger partial charge on any atom is -0.496 e. The van der Waals surface area contributed by atoms with Crippen molar-refractivity contribution in [1.82, 2.24) is 5.32 Å². The van der Waals surface area contributed by atoms with E-state index < -0.39 is 11.7 Å². The number of hydrogen-bond donors (Lipinski definition) is 2. The molecule has 0 saturated carbocycles. The fourth-order valence-corrected chi connectivity index (χ4v) is 1.14. The van der Waals surface area contributed by atoms with E-state index in [1.807, 2.05) is 0 Å². The fraction of sp³-hybridized carbons (Fsp3) is 0.300. The monoisotopic (exact) mass is 248 g/mol. The van der Waals surface area contributed by atoms with Gasteiger partial charge >= 0.3 is 0 Å². The Bertz CT molecular complexity index is 361. The van der Waals surface area contributed by atoms with Gasteiger partial charge < -0.3 is 15.8 Å². The molecule has 3 N–H and O–H groups in total. The number of hydrogen-bond acceptors (Lipinski definition) is 3. The molecule has 1 aromatic rings. The van der Waals surface area contributed by atoms with Crippen LogP contribution >= 0.6 is 12.4 Å². The number of carbonyl (C=O) groups excluding carboxylic acids is 1. The Labute approximate surface area is 99.4 Å². The molecule has 0 aliphatic heterocycles. The van der Waals surface area contributed by atoms with Crippen molar-refractivity contribution in [2.75, 3.05) is 20.2 Å². The van der Waals surface area contributed by atoms with Gasteiger partial charge in [0.15, 0.2) is 0 Å². The predicted octanol–water partition coefficient (Wildman–Crippen LogP) is 0.945. The van der Waals surface area contributed by atoms with Crippen LogP contribution in [-0.2, 0) is 0 Å². The summed E-state index contributed by atoms with van der Waals surface area (Å²) in [5.74, 6) is -0.531. The molecule has 0 spiro atoms. The maximum Gasteiger partial charge on any atom is 0.255 e. The van der Waals surface area contributed by atoms with Crippen LogP contribution in [-0.4, -0.2) is 26.1 Å². The Balaban J connectivity index is 0.00000225. The molecule has 1 aromatic carbocycles. The molecule has 0 aromatic heterocycles. The number of halogens is 2. The largest absolute Gasteiger partial charge is 0.496 e. The van der Waals surface area contributed by atoms with Crippen molar-refractivity contribution in [3.05, 3.63) is 29.6 Å². The zero-order chi connectivity index (χ0) is 11.3. The number of nitrogens with one attached hydrogen (secondary N) is 1. The summed E-state index contributed by atoms with van der Waals surface area (Å²) in [6.07, 6.45) is 0. The molecule has 0 unspecified atom stereocenters. The van der Waals surface area contributed by atoms with Gasteiger partial charge in [0.05, 0.1) is 12.7 Å². The number of rotatable bonds is 4. The molecule has 0 radical (unpaired) electrons. The maximum absolute atomic E-state index is 12.9. The summed E-state index contributed by atoms with van der Waals surface area (Å²) in [5, 5.41) is 2.54. The number of nitrogens with two attached hydrogens (primary N) is 1. The smallest absolute Gasteiger partial charge is 0.255 e. The Morgan fingerprint density at radius 1 is 1.56 bits per heavy atom. The van der Waals surface area contributed by atoms with Crippen LogP contribution in [0.2, 0.25) is 0 Å². The molecule has 1 amide bonds. The predicted molar refractivity (Wildman–Crippen MR) is 61.6 cm³/mol. The standard InChI is InChI=1S/C10H13FN2O2.ClH/c1-15-9-3-2-7(11)6-8(9)10(14)13-5-4-12;/h2-3,6H,4-5,12H2,1H3,(H,13,14);1H. The number of benzene rings is 1. The van der Waals surface area contributed by atoms with E-state index in [9.17, 15) is 9.18 Å². The third-order valence-electron chi connectivity index (χ3n) is 1.84. The lowest BCUT2D eigenvalue weighted by Gasteiger charge is -2.08. The topological polar surface area (TPSA) is 64.3 Å². The van der Waals surface area contributed by atoms with E-state index in [1.54, 1.807) is 0 Å². The average molecular weight is 249 g/mol. The van der Waals surface area contributed by atoms with Crippen LogP contribution in [0.4, 0.5) is 4.39 Å². The van der Waals surface area contributed by atoms with E-state index in [2.05, 4.69) is 5.32 Å². The third-order valence-corrected chi connectivity index (χ3v) is 1.84. The highest BCUT2D eigenvalue weighted by Gasteiger charge is 2.12. The summed E-state index contributed by atoms with van der Waals surface area (Å²) < 4.78 is 17.8. The quantitative estimate of drug-likeness (QED) is 0.834. The van der Waals surface area contributed by atoms with Crippen LogP contribution in [0.25, 0.3) is 0 Å². The van der Waals surface area contributed by atoms with Crippen molar-refractivity contribution in [2.24, 2.45) is 5.73 Å². The lowest BCUT2D eigenvalue weighted by molar-refractivity contribution is 0.0951. The minimum absolute atomic E-state index is 0. The number of methoxy groups -OCH3 is 1. The molecule has 6 heteroatoms. The highest BCUT2D eigenvalue weighted by molar-refractivity contribution is 5.96. The van der Waals surface area contributed by atoms with Crippen molar-refractivity contribution in [2.45, 2.75) is 0 Å². The van der Waals surface area contributed by atoms with Crippen LogP contribution in [0.1, 0.15) is 10.4 Å². The second-order valence-corrected chi connectivity index (χ2v) is 2.89. The lowest BCUT2D eigenvalue weighted by atomic mass is 10.2. The van der Waals surface area contributed by atoms with Gasteiger partial charge in [-0.15, -0.1) is 12.4 Å². The molecule has 1 rings (SSSR count). The molecule has 0 heterocycles. The summed E-state index contributed by atoms with van der Waals surface area (Å²) in [7, 11) is 1.42. The lowest BCUT2D eigenvalue weighted by Crippen LogP contribution is -2.29. The van der Waals surface area contributed by atoms with Gasteiger partial charge in [0, 0.05) is 13.1 Å². The summed E-state index contributed by atoms with van der Waals surface area (Å²) in [4.78, 5) is 11.5. The number of amides is 1. The van der Waals surface area contributed by atoms with Crippen LogP contribution in [0.3, 0.4) is 0 Å². The molecule has 0 aliphatic carbocycles. The van der Waals surface area contributed by atoms with Gasteiger partial charge in [-0.1, -0.05) is 0 Å². The Hall–Kier alpha value is -1.33. The van der Waals surface area contributed by atoms with E-state index in [1.165, 1.54) is 19.2 Å². The highest BCUT2D eigenvalue weighted by Crippen LogP contribution is 2.18. The van der Waals surface area contributed by atoms with Gasteiger partial charge in [-0.05, 0) is 18.2 Å². The van der Waals surface area contributed by atoms with Crippen molar-refractivity contribution in [3.63, 3.8) is 0 Å². The molecule has 0 saturated heterocycles. The van der Waals surface area contributed by atoms with Crippen LogP contribution in [0.15, 0.2) is 18.2 Å². The first-order valence-corrected chi connectivity index (χ1v) is 4.51. The summed E-state index contributed by atoms with van der Waals surface area (Å²) in [6, 6.07) is 3.77. The molecule has 0 bridgehead atoms.